The third-order valence-corrected chi connectivity index (χ3v) is 5.51. The van der Waals surface area contributed by atoms with Gasteiger partial charge in [0.05, 0.1) is 5.41 Å². The molecule has 0 bridgehead atoms. The molecule has 1 aromatic carbocycles. The zero-order valence-corrected chi connectivity index (χ0v) is 18.1. The minimum absolute atomic E-state index is 0.0292. The molecule has 0 saturated carbocycles. The molecule has 1 aliphatic heterocycles. The molecule has 0 spiro atoms. The zero-order valence-electron chi connectivity index (χ0n) is 18.1. The van der Waals surface area contributed by atoms with E-state index in [1.807, 2.05) is 62.1 Å². The standard InChI is InChI=1S/C23H31N3O3/c1-22(2,3)20(27)26-13-9-12-23(16-26,21(28)25(4)5)15-18-14-19(24-29-18)17-10-7-6-8-11-17/h6-8,10-11,14H,9,12-13,15-16H2,1-5H3/t23-/m1/s1. The van der Waals surface area contributed by atoms with Crippen molar-refractivity contribution in [2.45, 2.75) is 40.0 Å². The molecule has 6 nitrogen and oxygen atoms in total. The van der Waals surface area contributed by atoms with Gasteiger partial charge in [0.15, 0.2) is 0 Å². The Morgan fingerprint density at radius 3 is 2.52 bits per heavy atom. The number of hydrogen-bond acceptors (Lipinski definition) is 4. The Hall–Kier alpha value is -2.63. The van der Waals surface area contributed by atoms with Crippen molar-refractivity contribution in [3.63, 3.8) is 0 Å². The first-order valence-corrected chi connectivity index (χ1v) is 10.1. The highest BCUT2D eigenvalue weighted by molar-refractivity contribution is 5.86. The highest BCUT2D eigenvalue weighted by atomic mass is 16.5. The van der Waals surface area contributed by atoms with Gasteiger partial charge >= 0.3 is 0 Å². The molecule has 1 fully saturated rings. The maximum Gasteiger partial charge on any atom is 0.230 e. The van der Waals surface area contributed by atoms with Crippen LogP contribution in [-0.2, 0) is 16.0 Å². The summed E-state index contributed by atoms with van der Waals surface area (Å²) in [6, 6.07) is 11.7. The molecule has 2 heterocycles. The van der Waals surface area contributed by atoms with E-state index in [0.29, 0.717) is 25.3 Å². The van der Waals surface area contributed by atoms with Crippen LogP contribution < -0.4 is 0 Å². The molecule has 1 atom stereocenters. The molecule has 1 saturated heterocycles. The van der Waals surface area contributed by atoms with Gasteiger partial charge in [0.1, 0.15) is 11.5 Å². The average Bonchev–Trinajstić information content (AvgIpc) is 3.15. The number of carbonyl (C=O) groups is 2. The maximum atomic E-state index is 13.2. The minimum atomic E-state index is -0.698. The summed E-state index contributed by atoms with van der Waals surface area (Å²) in [5, 5.41) is 4.20. The average molecular weight is 398 g/mol. The van der Waals surface area contributed by atoms with E-state index in [4.69, 9.17) is 4.52 Å². The van der Waals surface area contributed by atoms with Gasteiger partial charge in [0.25, 0.3) is 0 Å². The molecule has 0 radical (unpaired) electrons. The molecule has 2 aromatic rings. The van der Waals surface area contributed by atoms with Crippen LogP contribution in [-0.4, -0.2) is 54.0 Å². The van der Waals surface area contributed by atoms with Gasteiger partial charge in [-0.15, -0.1) is 0 Å². The first-order valence-electron chi connectivity index (χ1n) is 10.1. The topological polar surface area (TPSA) is 66.7 Å². The monoisotopic (exact) mass is 397 g/mol. The number of piperidine rings is 1. The molecule has 0 N–H and O–H groups in total. The van der Waals surface area contributed by atoms with Crippen molar-refractivity contribution in [3.8, 4) is 11.3 Å². The van der Waals surface area contributed by atoms with E-state index in [-0.39, 0.29) is 11.8 Å². The molecule has 29 heavy (non-hydrogen) atoms. The fourth-order valence-electron chi connectivity index (χ4n) is 4.12. The summed E-state index contributed by atoms with van der Waals surface area (Å²) in [5.41, 5.74) is 0.558. The second kappa shape index (κ2) is 8.01. The van der Waals surface area contributed by atoms with Gasteiger partial charge in [-0.3, -0.25) is 9.59 Å². The van der Waals surface area contributed by atoms with Gasteiger partial charge in [0, 0.05) is 50.7 Å². The Balaban J connectivity index is 1.89. The summed E-state index contributed by atoms with van der Waals surface area (Å²) in [6.07, 6.45) is 1.94. The second-order valence-electron chi connectivity index (χ2n) is 9.28. The minimum Gasteiger partial charge on any atom is -0.361 e. The third kappa shape index (κ3) is 4.52. The van der Waals surface area contributed by atoms with Crippen molar-refractivity contribution < 1.29 is 14.1 Å². The van der Waals surface area contributed by atoms with Crippen molar-refractivity contribution in [1.82, 2.24) is 15.0 Å². The molecule has 6 heteroatoms. The summed E-state index contributed by atoms with van der Waals surface area (Å²) in [4.78, 5) is 29.6. The molecular weight excluding hydrogens is 366 g/mol. The SMILES string of the molecule is CN(C)C(=O)[C@@]1(Cc2cc(-c3ccccc3)no2)CCCN(C(=O)C(C)(C)C)C1. The van der Waals surface area contributed by atoms with Crippen molar-refractivity contribution >= 4 is 11.8 Å². The third-order valence-electron chi connectivity index (χ3n) is 5.51. The summed E-state index contributed by atoms with van der Waals surface area (Å²) in [7, 11) is 3.54. The number of carbonyl (C=O) groups excluding carboxylic acids is 2. The Kier molecular flexibility index (Phi) is 5.82. The fourth-order valence-corrected chi connectivity index (χ4v) is 4.12. The number of likely N-dealkylation sites (tertiary alicyclic amines) is 1. The predicted molar refractivity (Wildman–Crippen MR) is 112 cm³/mol. The van der Waals surface area contributed by atoms with Crippen molar-refractivity contribution in [2.24, 2.45) is 10.8 Å². The number of amides is 2. The summed E-state index contributed by atoms with van der Waals surface area (Å²) < 4.78 is 5.62. The van der Waals surface area contributed by atoms with Crippen molar-refractivity contribution in [3.05, 3.63) is 42.2 Å². The number of rotatable bonds is 4. The highest BCUT2D eigenvalue weighted by Gasteiger charge is 2.46. The van der Waals surface area contributed by atoms with Crippen LogP contribution in [0, 0.1) is 10.8 Å². The zero-order chi connectivity index (χ0) is 21.2. The lowest BCUT2D eigenvalue weighted by Gasteiger charge is -2.44. The number of aromatic nitrogens is 1. The van der Waals surface area contributed by atoms with E-state index < -0.39 is 10.8 Å². The lowest BCUT2D eigenvalue weighted by Crippen LogP contribution is -2.55. The van der Waals surface area contributed by atoms with Gasteiger partial charge in [0.2, 0.25) is 11.8 Å². The largest absolute Gasteiger partial charge is 0.361 e. The molecule has 1 aliphatic rings. The van der Waals surface area contributed by atoms with Crippen LogP contribution in [0.2, 0.25) is 0 Å². The summed E-state index contributed by atoms with van der Waals surface area (Å²) in [6.45, 7) is 6.84. The molecule has 2 amide bonds. The van der Waals surface area contributed by atoms with E-state index in [0.717, 1.165) is 24.1 Å². The van der Waals surface area contributed by atoms with Crippen LogP contribution in [0.4, 0.5) is 0 Å². The first-order chi connectivity index (χ1) is 13.6. The normalized spacial score (nSPS) is 19.8. The van der Waals surface area contributed by atoms with Gasteiger partial charge in [-0.1, -0.05) is 56.3 Å². The summed E-state index contributed by atoms with van der Waals surface area (Å²) in [5.74, 6) is 0.779. The Morgan fingerprint density at radius 2 is 1.90 bits per heavy atom. The quantitative estimate of drug-likeness (QED) is 0.790. The van der Waals surface area contributed by atoms with Gasteiger partial charge in [-0.05, 0) is 12.8 Å². The Morgan fingerprint density at radius 1 is 1.21 bits per heavy atom. The molecule has 0 aliphatic carbocycles. The van der Waals surface area contributed by atoms with Gasteiger partial charge in [-0.2, -0.15) is 0 Å². The van der Waals surface area contributed by atoms with E-state index in [1.54, 1.807) is 19.0 Å². The van der Waals surface area contributed by atoms with E-state index >= 15 is 0 Å². The van der Waals surface area contributed by atoms with E-state index in [9.17, 15) is 9.59 Å². The maximum absolute atomic E-state index is 13.2. The molecule has 156 valence electrons. The molecular formula is C23H31N3O3. The Bertz CT molecular complexity index is 867. The van der Waals surface area contributed by atoms with Crippen molar-refractivity contribution in [2.75, 3.05) is 27.2 Å². The second-order valence-corrected chi connectivity index (χ2v) is 9.28. The predicted octanol–water partition coefficient (Wildman–Crippen LogP) is 3.63. The van der Waals surface area contributed by atoms with Crippen LogP contribution in [0.25, 0.3) is 11.3 Å². The lowest BCUT2D eigenvalue weighted by atomic mass is 9.74. The highest BCUT2D eigenvalue weighted by Crippen LogP contribution is 2.37. The van der Waals surface area contributed by atoms with Crippen molar-refractivity contribution in [1.29, 1.82) is 0 Å². The Labute approximate surface area is 172 Å². The molecule has 0 unspecified atom stereocenters. The van der Waals surface area contributed by atoms with Crippen LogP contribution >= 0.6 is 0 Å². The van der Waals surface area contributed by atoms with Crippen LogP contribution in [0.15, 0.2) is 40.9 Å². The number of benzene rings is 1. The number of hydrogen-bond donors (Lipinski definition) is 0. The van der Waals surface area contributed by atoms with Crippen LogP contribution in [0.1, 0.15) is 39.4 Å². The van der Waals surface area contributed by atoms with E-state index in [2.05, 4.69) is 5.16 Å². The van der Waals surface area contributed by atoms with E-state index in [1.165, 1.54) is 0 Å². The summed E-state index contributed by atoms with van der Waals surface area (Å²) >= 11 is 0. The fraction of sp³-hybridized carbons (Fsp3) is 0.522. The van der Waals surface area contributed by atoms with Gasteiger partial charge in [-0.25, -0.2) is 0 Å². The van der Waals surface area contributed by atoms with Crippen LogP contribution in [0.3, 0.4) is 0 Å². The number of nitrogens with zero attached hydrogens (tertiary/aromatic N) is 3. The first kappa shape index (κ1) is 21.1. The smallest absolute Gasteiger partial charge is 0.230 e. The molecule has 3 rings (SSSR count). The molecule has 1 aromatic heterocycles. The van der Waals surface area contributed by atoms with Crippen LogP contribution in [0.5, 0.6) is 0 Å². The lowest BCUT2D eigenvalue weighted by molar-refractivity contribution is -0.151. The van der Waals surface area contributed by atoms with Gasteiger partial charge < -0.3 is 14.3 Å².